The number of hydrogen-bond acceptors (Lipinski definition) is 4. The Morgan fingerprint density at radius 3 is 2.40 bits per heavy atom. The number of carbonyl (C=O) groups is 3. The number of ketones is 1. The van der Waals surface area contributed by atoms with Crippen molar-refractivity contribution < 1.29 is 24.2 Å². The number of aliphatic carboxylic acids is 1. The predicted molar refractivity (Wildman–Crippen MR) is 76.5 cm³/mol. The average Bonchev–Trinajstić information content (AvgIpc) is 2.38. The quantitative estimate of drug-likeness (QED) is 0.467. The summed E-state index contributed by atoms with van der Waals surface area (Å²) in [5, 5.41) is 9.33. The zero-order valence-electron chi connectivity index (χ0n) is 11.0. The molecule has 0 amide bonds. The Balaban J connectivity index is 3.16. The highest BCUT2D eigenvalue weighted by Crippen LogP contribution is 2.15. The lowest BCUT2D eigenvalue weighted by Gasteiger charge is -2.07. The van der Waals surface area contributed by atoms with E-state index in [1.807, 2.05) is 0 Å². The van der Waals surface area contributed by atoms with Gasteiger partial charge in [-0.15, -0.1) is 0 Å². The van der Waals surface area contributed by atoms with Gasteiger partial charge in [0.1, 0.15) is 0 Å². The molecule has 0 atom stereocenters. The van der Waals surface area contributed by atoms with Crippen LogP contribution in [0.1, 0.15) is 39.6 Å². The van der Waals surface area contributed by atoms with Crippen molar-refractivity contribution in [3.63, 3.8) is 0 Å². The van der Waals surface area contributed by atoms with Crippen molar-refractivity contribution in [2.45, 2.75) is 19.8 Å². The summed E-state index contributed by atoms with van der Waals surface area (Å²) in [6.45, 7) is 1.89. The highest BCUT2D eigenvalue weighted by Gasteiger charge is 2.14. The summed E-state index contributed by atoms with van der Waals surface area (Å²) in [5.41, 5.74) is 0.927. The predicted octanol–water partition coefficient (Wildman–Crippen LogP) is 2.46. The maximum atomic E-state index is 11.9. The highest BCUT2D eigenvalue weighted by atomic mass is 79.9. The molecule has 1 aromatic rings. The van der Waals surface area contributed by atoms with E-state index >= 15 is 0 Å². The second-order valence-corrected chi connectivity index (χ2v) is 4.86. The fourth-order valence-corrected chi connectivity index (χ4v) is 2.05. The fraction of sp³-hybridized carbons (Fsp3) is 0.357. The first kappa shape index (κ1) is 16.4. The molecule has 0 aliphatic carbocycles. The van der Waals surface area contributed by atoms with Gasteiger partial charge in [0.15, 0.2) is 5.78 Å². The molecule has 0 aliphatic rings. The number of carbonyl (C=O) groups excluding carboxylic acids is 2. The number of Topliss-reactive ketones (excluding diaryl/α,β-unsaturated/α-hetero) is 1. The van der Waals surface area contributed by atoms with E-state index in [1.54, 1.807) is 6.92 Å². The second-order valence-electron chi connectivity index (χ2n) is 4.07. The van der Waals surface area contributed by atoms with Gasteiger partial charge in [-0.1, -0.05) is 15.9 Å². The highest BCUT2D eigenvalue weighted by molar-refractivity contribution is 9.09. The topological polar surface area (TPSA) is 80.7 Å². The van der Waals surface area contributed by atoms with Crippen LogP contribution in [-0.4, -0.2) is 34.8 Å². The summed E-state index contributed by atoms with van der Waals surface area (Å²) in [7, 11) is 0. The Hall–Kier alpha value is -1.69. The third-order valence-electron chi connectivity index (χ3n) is 2.50. The van der Waals surface area contributed by atoms with Crippen LogP contribution in [0.15, 0.2) is 18.2 Å². The van der Waals surface area contributed by atoms with E-state index in [-0.39, 0.29) is 30.8 Å². The Morgan fingerprint density at radius 2 is 1.85 bits per heavy atom. The summed E-state index contributed by atoms with van der Waals surface area (Å²) in [5.74, 6) is -1.74. The van der Waals surface area contributed by atoms with E-state index in [0.717, 1.165) is 0 Å². The molecule has 1 rings (SSSR count). The molecule has 0 spiro atoms. The third kappa shape index (κ3) is 4.77. The number of rotatable bonds is 7. The molecule has 0 radical (unpaired) electrons. The first-order valence-electron chi connectivity index (χ1n) is 6.10. The van der Waals surface area contributed by atoms with Gasteiger partial charge in [-0.25, -0.2) is 4.79 Å². The summed E-state index contributed by atoms with van der Waals surface area (Å²) < 4.78 is 4.88. The van der Waals surface area contributed by atoms with Crippen molar-refractivity contribution in [1.29, 1.82) is 0 Å². The van der Waals surface area contributed by atoms with Crippen molar-refractivity contribution >= 4 is 33.7 Å². The van der Waals surface area contributed by atoms with E-state index in [0.29, 0.717) is 16.5 Å². The van der Waals surface area contributed by atoms with Crippen LogP contribution in [0.3, 0.4) is 0 Å². The third-order valence-corrected chi connectivity index (χ3v) is 2.90. The Kier molecular flexibility index (Phi) is 6.38. The van der Waals surface area contributed by atoms with E-state index < -0.39 is 11.9 Å². The molecular weight excluding hydrogens is 328 g/mol. The number of benzene rings is 1. The monoisotopic (exact) mass is 342 g/mol. The van der Waals surface area contributed by atoms with Crippen LogP contribution in [0.25, 0.3) is 0 Å². The Bertz CT molecular complexity index is 488. The lowest BCUT2D eigenvalue weighted by atomic mass is 10.00. The van der Waals surface area contributed by atoms with Crippen molar-refractivity contribution in [3.8, 4) is 0 Å². The molecule has 0 aliphatic heterocycles. The van der Waals surface area contributed by atoms with Crippen LogP contribution in [0, 0.1) is 0 Å². The molecule has 20 heavy (non-hydrogen) atoms. The van der Waals surface area contributed by atoms with Crippen molar-refractivity contribution in [1.82, 2.24) is 0 Å². The lowest BCUT2D eigenvalue weighted by Crippen LogP contribution is -2.10. The largest absolute Gasteiger partial charge is 0.481 e. The minimum Gasteiger partial charge on any atom is -0.481 e. The lowest BCUT2D eigenvalue weighted by molar-refractivity contribution is -0.136. The van der Waals surface area contributed by atoms with E-state index in [1.165, 1.54) is 18.2 Å². The molecule has 0 fully saturated rings. The first-order valence-corrected chi connectivity index (χ1v) is 7.22. The zero-order valence-corrected chi connectivity index (χ0v) is 12.6. The number of alkyl halides is 1. The van der Waals surface area contributed by atoms with Crippen LogP contribution in [-0.2, 0) is 16.0 Å². The van der Waals surface area contributed by atoms with E-state index in [2.05, 4.69) is 15.9 Å². The summed E-state index contributed by atoms with van der Waals surface area (Å²) >= 11 is 3.17. The normalized spacial score (nSPS) is 10.1. The van der Waals surface area contributed by atoms with Crippen LogP contribution in [0.2, 0.25) is 0 Å². The fourth-order valence-electron chi connectivity index (χ4n) is 1.69. The first-order chi connectivity index (χ1) is 9.47. The molecule has 5 nitrogen and oxygen atoms in total. The summed E-state index contributed by atoms with van der Waals surface area (Å²) in [6, 6.07) is 4.38. The molecule has 1 aromatic carbocycles. The van der Waals surface area contributed by atoms with Crippen molar-refractivity contribution in [2.75, 3.05) is 11.9 Å². The minimum atomic E-state index is -1.02. The summed E-state index contributed by atoms with van der Waals surface area (Å²) in [6.07, 6.45) is 0.0284. The van der Waals surface area contributed by atoms with Crippen molar-refractivity contribution in [2.24, 2.45) is 0 Å². The molecule has 0 heterocycles. The smallest absolute Gasteiger partial charge is 0.338 e. The van der Waals surface area contributed by atoms with Gasteiger partial charge in [-0.3, -0.25) is 9.59 Å². The van der Waals surface area contributed by atoms with Crippen molar-refractivity contribution in [3.05, 3.63) is 34.9 Å². The van der Waals surface area contributed by atoms with Crippen LogP contribution in [0.5, 0.6) is 0 Å². The summed E-state index contributed by atoms with van der Waals surface area (Å²) in [4.78, 5) is 34.4. The average molecular weight is 343 g/mol. The molecule has 1 N–H and O–H groups in total. The Labute approximate surface area is 125 Å². The maximum absolute atomic E-state index is 11.9. The van der Waals surface area contributed by atoms with Crippen LogP contribution >= 0.6 is 15.9 Å². The molecule has 108 valence electrons. The van der Waals surface area contributed by atoms with Gasteiger partial charge in [0.2, 0.25) is 0 Å². The van der Waals surface area contributed by atoms with Crippen LogP contribution in [0.4, 0.5) is 0 Å². The van der Waals surface area contributed by atoms with Gasteiger partial charge < -0.3 is 9.84 Å². The standard InChI is InChI=1S/C14H15BrO5/c1-2-20-14(19)11-6-9(7-13(17)18)5-10(8-11)12(16)3-4-15/h5-6,8H,2-4,7H2,1H3,(H,17,18). The Morgan fingerprint density at radius 1 is 1.20 bits per heavy atom. The number of carboxylic acid groups (broad SMARTS) is 1. The van der Waals surface area contributed by atoms with Gasteiger partial charge in [0, 0.05) is 17.3 Å². The maximum Gasteiger partial charge on any atom is 0.338 e. The minimum absolute atomic E-state index is 0.153. The van der Waals surface area contributed by atoms with Gasteiger partial charge in [0.25, 0.3) is 0 Å². The molecule has 0 bridgehead atoms. The van der Waals surface area contributed by atoms with Gasteiger partial charge >= 0.3 is 11.9 Å². The molecule has 0 unspecified atom stereocenters. The second kappa shape index (κ2) is 7.79. The van der Waals surface area contributed by atoms with E-state index in [4.69, 9.17) is 9.84 Å². The number of esters is 1. The number of ether oxygens (including phenoxy) is 1. The van der Waals surface area contributed by atoms with Gasteiger partial charge in [-0.05, 0) is 30.7 Å². The van der Waals surface area contributed by atoms with Gasteiger partial charge in [0.05, 0.1) is 18.6 Å². The molecule has 0 aromatic heterocycles. The SMILES string of the molecule is CCOC(=O)c1cc(CC(=O)O)cc(C(=O)CCBr)c1. The molecule has 0 saturated carbocycles. The van der Waals surface area contributed by atoms with E-state index in [9.17, 15) is 14.4 Å². The number of hydrogen-bond donors (Lipinski definition) is 1. The van der Waals surface area contributed by atoms with Crippen LogP contribution < -0.4 is 0 Å². The number of carboxylic acids is 1. The number of halogens is 1. The molecule has 6 heteroatoms. The molecule has 0 saturated heterocycles. The zero-order chi connectivity index (χ0) is 15.1. The van der Waals surface area contributed by atoms with Gasteiger partial charge in [-0.2, -0.15) is 0 Å². The molecular formula is C14H15BrO5.